The van der Waals surface area contributed by atoms with Crippen LogP contribution in [0.25, 0.3) is 11.5 Å². The molecule has 3 rings (SSSR count). The van der Waals surface area contributed by atoms with Gasteiger partial charge >= 0.3 is 11.7 Å². The number of nitro groups is 1. The highest BCUT2D eigenvalue weighted by Crippen LogP contribution is 2.26. The fourth-order valence-electron chi connectivity index (χ4n) is 2.26. The van der Waals surface area contributed by atoms with Gasteiger partial charge in [-0.2, -0.15) is 0 Å². The van der Waals surface area contributed by atoms with Crippen LogP contribution >= 0.6 is 0 Å². The summed E-state index contributed by atoms with van der Waals surface area (Å²) in [6.45, 7) is 0.985. The SMILES string of the molecule is C[C@H](OC(=O)COc1ccccc1[N+](=O)[O-])c1nnc(-c2ccc(F)cc2)o1. The van der Waals surface area contributed by atoms with Crippen LogP contribution in [-0.2, 0) is 9.53 Å². The van der Waals surface area contributed by atoms with E-state index in [0.717, 1.165) is 0 Å². The van der Waals surface area contributed by atoms with Crippen molar-refractivity contribution in [1.82, 2.24) is 10.2 Å². The standard InChI is InChI=1S/C18H14FN3O6/c1-11(17-20-21-18(28-17)12-6-8-13(19)9-7-12)27-16(23)10-26-15-5-3-2-4-14(15)22(24)25/h2-9,11H,10H2,1H3/t11-/m0/s1. The Hall–Kier alpha value is -3.82. The van der Waals surface area contributed by atoms with Gasteiger partial charge in [-0.1, -0.05) is 12.1 Å². The summed E-state index contributed by atoms with van der Waals surface area (Å²) >= 11 is 0. The van der Waals surface area contributed by atoms with Gasteiger partial charge in [-0.15, -0.1) is 10.2 Å². The Morgan fingerprint density at radius 2 is 1.93 bits per heavy atom. The summed E-state index contributed by atoms with van der Waals surface area (Å²) in [6, 6.07) is 11.1. The van der Waals surface area contributed by atoms with Crippen LogP contribution < -0.4 is 4.74 Å². The van der Waals surface area contributed by atoms with Gasteiger partial charge in [-0.25, -0.2) is 9.18 Å². The average molecular weight is 387 g/mol. The number of benzene rings is 2. The highest BCUT2D eigenvalue weighted by Gasteiger charge is 2.21. The van der Waals surface area contributed by atoms with Crippen LogP contribution in [0.3, 0.4) is 0 Å². The van der Waals surface area contributed by atoms with E-state index in [1.54, 1.807) is 6.07 Å². The maximum absolute atomic E-state index is 13.0. The van der Waals surface area contributed by atoms with Crippen LogP contribution in [0, 0.1) is 15.9 Å². The van der Waals surface area contributed by atoms with Crippen molar-refractivity contribution >= 4 is 11.7 Å². The van der Waals surface area contributed by atoms with Gasteiger partial charge in [0.05, 0.1) is 4.92 Å². The molecule has 0 saturated heterocycles. The molecule has 0 amide bonds. The number of nitro benzene ring substituents is 1. The lowest BCUT2D eigenvalue weighted by Crippen LogP contribution is -2.17. The molecule has 0 spiro atoms. The summed E-state index contributed by atoms with van der Waals surface area (Å²) in [5.41, 5.74) is 0.252. The van der Waals surface area contributed by atoms with Crippen LogP contribution in [0.5, 0.6) is 5.75 Å². The van der Waals surface area contributed by atoms with E-state index in [-0.39, 0.29) is 23.2 Å². The third kappa shape index (κ3) is 4.47. The molecule has 3 aromatic rings. The molecule has 9 nitrogen and oxygen atoms in total. The molecule has 0 aliphatic carbocycles. The minimum absolute atomic E-state index is 0.0402. The van der Waals surface area contributed by atoms with E-state index in [2.05, 4.69) is 10.2 Å². The first kappa shape index (κ1) is 19.0. The molecule has 0 aliphatic rings. The Bertz CT molecular complexity index is 989. The van der Waals surface area contributed by atoms with Gasteiger partial charge in [-0.3, -0.25) is 10.1 Å². The largest absolute Gasteiger partial charge is 0.475 e. The van der Waals surface area contributed by atoms with Crippen LogP contribution in [0.2, 0.25) is 0 Å². The van der Waals surface area contributed by atoms with E-state index in [1.807, 2.05) is 0 Å². The number of hydrogen-bond acceptors (Lipinski definition) is 8. The molecule has 0 aliphatic heterocycles. The van der Waals surface area contributed by atoms with Crippen LogP contribution in [0.1, 0.15) is 18.9 Å². The first-order chi connectivity index (χ1) is 13.4. The number of carbonyl (C=O) groups excluding carboxylic acids is 1. The Kier molecular flexibility index (Phi) is 5.58. The van der Waals surface area contributed by atoms with E-state index in [0.29, 0.717) is 5.56 Å². The number of rotatable bonds is 7. The number of halogens is 1. The zero-order valence-corrected chi connectivity index (χ0v) is 14.6. The molecule has 1 aromatic heterocycles. The summed E-state index contributed by atoms with van der Waals surface area (Å²) in [4.78, 5) is 22.3. The molecule has 0 unspecified atom stereocenters. The lowest BCUT2D eigenvalue weighted by molar-refractivity contribution is -0.385. The van der Waals surface area contributed by atoms with E-state index in [1.165, 1.54) is 49.4 Å². The fraction of sp³-hybridized carbons (Fsp3) is 0.167. The van der Waals surface area contributed by atoms with Gasteiger partial charge in [0, 0.05) is 11.6 Å². The zero-order chi connectivity index (χ0) is 20.1. The number of aromatic nitrogens is 2. The van der Waals surface area contributed by atoms with E-state index >= 15 is 0 Å². The van der Waals surface area contributed by atoms with E-state index in [9.17, 15) is 19.3 Å². The normalized spacial score (nSPS) is 11.6. The van der Waals surface area contributed by atoms with Gasteiger partial charge in [-0.05, 0) is 37.3 Å². The second kappa shape index (κ2) is 8.25. The Morgan fingerprint density at radius 1 is 1.21 bits per heavy atom. The number of carbonyl (C=O) groups is 1. The number of para-hydroxylation sites is 2. The number of ether oxygens (including phenoxy) is 2. The Labute approximate surface area is 157 Å². The van der Waals surface area contributed by atoms with Crippen molar-refractivity contribution in [3.63, 3.8) is 0 Å². The number of nitrogens with zero attached hydrogens (tertiary/aromatic N) is 3. The van der Waals surface area contributed by atoms with Crippen molar-refractivity contribution in [1.29, 1.82) is 0 Å². The van der Waals surface area contributed by atoms with Gasteiger partial charge < -0.3 is 13.9 Å². The van der Waals surface area contributed by atoms with Gasteiger partial charge in [0.15, 0.2) is 18.5 Å². The minimum Gasteiger partial charge on any atom is -0.475 e. The molecular formula is C18H14FN3O6. The fourth-order valence-corrected chi connectivity index (χ4v) is 2.26. The van der Waals surface area contributed by atoms with Crippen molar-refractivity contribution in [2.45, 2.75) is 13.0 Å². The molecule has 2 aromatic carbocycles. The lowest BCUT2D eigenvalue weighted by atomic mass is 10.2. The Morgan fingerprint density at radius 3 is 2.64 bits per heavy atom. The summed E-state index contributed by atoms with van der Waals surface area (Å²) in [7, 11) is 0. The number of hydrogen-bond donors (Lipinski definition) is 0. The second-order valence-corrected chi connectivity index (χ2v) is 5.60. The van der Waals surface area contributed by atoms with Gasteiger partial charge in [0.1, 0.15) is 5.82 Å². The van der Waals surface area contributed by atoms with Crippen molar-refractivity contribution in [2.24, 2.45) is 0 Å². The highest BCUT2D eigenvalue weighted by molar-refractivity contribution is 5.71. The summed E-state index contributed by atoms with van der Waals surface area (Å²) in [5.74, 6) is -1.03. The molecule has 0 bridgehead atoms. The maximum atomic E-state index is 13.0. The first-order valence-corrected chi connectivity index (χ1v) is 8.09. The van der Waals surface area contributed by atoms with Crippen molar-refractivity contribution in [3.05, 3.63) is 70.4 Å². The zero-order valence-electron chi connectivity index (χ0n) is 14.6. The third-order valence-electron chi connectivity index (χ3n) is 3.60. The van der Waals surface area contributed by atoms with Gasteiger partial charge in [0.2, 0.25) is 5.89 Å². The molecule has 28 heavy (non-hydrogen) atoms. The molecule has 1 heterocycles. The first-order valence-electron chi connectivity index (χ1n) is 8.09. The summed E-state index contributed by atoms with van der Waals surface area (Å²) in [5, 5.41) is 18.6. The van der Waals surface area contributed by atoms with E-state index < -0.39 is 29.4 Å². The van der Waals surface area contributed by atoms with Crippen LogP contribution in [-0.4, -0.2) is 27.7 Å². The predicted molar refractivity (Wildman–Crippen MR) is 92.8 cm³/mol. The molecule has 0 radical (unpaired) electrons. The highest BCUT2D eigenvalue weighted by atomic mass is 19.1. The number of esters is 1. The molecule has 1 atom stereocenters. The Balaban J connectivity index is 1.59. The molecule has 10 heteroatoms. The minimum atomic E-state index is -0.872. The molecule has 0 fully saturated rings. The predicted octanol–water partition coefficient (Wildman–Crippen LogP) is 3.47. The monoisotopic (exact) mass is 387 g/mol. The maximum Gasteiger partial charge on any atom is 0.344 e. The van der Waals surface area contributed by atoms with E-state index in [4.69, 9.17) is 13.9 Å². The van der Waals surface area contributed by atoms with Gasteiger partial charge in [0.25, 0.3) is 5.89 Å². The van der Waals surface area contributed by atoms with Crippen molar-refractivity contribution in [3.8, 4) is 17.2 Å². The lowest BCUT2D eigenvalue weighted by Gasteiger charge is -2.10. The average Bonchev–Trinajstić information content (AvgIpc) is 3.17. The smallest absolute Gasteiger partial charge is 0.344 e. The van der Waals surface area contributed by atoms with Crippen molar-refractivity contribution in [2.75, 3.05) is 6.61 Å². The molecule has 0 N–H and O–H groups in total. The third-order valence-corrected chi connectivity index (χ3v) is 3.60. The molecule has 0 saturated carbocycles. The van der Waals surface area contributed by atoms with Crippen LogP contribution in [0.15, 0.2) is 52.9 Å². The van der Waals surface area contributed by atoms with Crippen molar-refractivity contribution < 1.29 is 28.0 Å². The summed E-state index contributed by atoms with van der Waals surface area (Å²) in [6.07, 6.45) is -0.872. The topological polar surface area (TPSA) is 118 Å². The second-order valence-electron chi connectivity index (χ2n) is 5.60. The van der Waals surface area contributed by atoms with Crippen LogP contribution in [0.4, 0.5) is 10.1 Å². The molecule has 144 valence electrons. The summed E-state index contributed by atoms with van der Waals surface area (Å²) < 4.78 is 28.7. The quantitative estimate of drug-likeness (QED) is 0.344. The molecular weight excluding hydrogens is 373 g/mol.